The molecule has 0 heterocycles. The first-order valence-electron chi connectivity index (χ1n) is 7.34. The molecule has 104 valence electrons. The molecule has 3 nitrogen and oxygen atoms in total. The van der Waals surface area contributed by atoms with Crippen LogP contribution in [0, 0.1) is 6.92 Å². The van der Waals surface area contributed by atoms with Gasteiger partial charge >= 0.3 is 0 Å². The van der Waals surface area contributed by atoms with Gasteiger partial charge in [-0.2, -0.15) is 0 Å². The van der Waals surface area contributed by atoms with Crippen LogP contribution in [0.5, 0.6) is 0 Å². The van der Waals surface area contributed by atoms with Gasteiger partial charge in [-0.05, 0) is 31.4 Å². The lowest BCUT2D eigenvalue weighted by Gasteiger charge is -2.16. The van der Waals surface area contributed by atoms with E-state index in [1.807, 2.05) is 31.2 Å². The Morgan fingerprint density at radius 3 is 2.53 bits per heavy atom. The number of amides is 1. The molecule has 0 saturated heterocycles. The highest BCUT2D eigenvalue weighted by Crippen LogP contribution is 2.17. The minimum absolute atomic E-state index is 0.0542. The number of carbonyl (C=O) groups excluding carboxylic acids is 1. The zero-order chi connectivity index (χ0) is 13.5. The molecule has 0 radical (unpaired) electrons. The van der Waals surface area contributed by atoms with Crippen LogP contribution in [0.2, 0.25) is 0 Å². The van der Waals surface area contributed by atoms with E-state index in [1.54, 1.807) is 0 Å². The van der Waals surface area contributed by atoms with E-state index in [9.17, 15) is 4.79 Å². The highest BCUT2D eigenvalue weighted by atomic mass is 16.1. The van der Waals surface area contributed by atoms with Gasteiger partial charge in [-0.15, -0.1) is 0 Å². The van der Waals surface area contributed by atoms with Crippen LogP contribution in [-0.4, -0.2) is 18.5 Å². The lowest BCUT2D eigenvalue weighted by Crippen LogP contribution is -2.35. The molecule has 1 saturated carbocycles. The van der Waals surface area contributed by atoms with Crippen LogP contribution < -0.4 is 10.6 Å². The van der Waals surface area contributed by atoms with E-state index in [0.717, 1.165) is 11.3 Å². The number of hydrogen-bond donors (Lipinski definition) is 2. The molecule has 2 N–H and O–H groups in total. The second kappa shape index (κ2) is 7.29. The second-order valence-corrected chi connectivity index (χ2v) is 5.43. The molecule has 19 heavy (non-hydrogen) atoms. The van der Waals surface area contributed by atoms with Crippen LogP contribution in [0.25, 0.3) is 0 Å². The summed E-state index contributed by atoms with van der Waals surface area (Å²) in [5.41, 5.74) is 2.01. The van der Waals surface area contributed by atoms with E-state index in [1.165, 1.54) is 38.5 Å². The van der Waals surface area contributed by atoms with E-state index in [2.05, 4.69) is 10.6 Å². The van der Waals surface area contributed by atoms with Gasteiger partial charge in [0.1, 0.15) is 0 Å². The van der Waals surface area contributed by atoms with Crippen molar-refractivity contribution in [2.45, 2.75) is 51.5 Å². The van der Waals surface area contributed by atoms with Crippen molar-refractivity contribution < 1.29 is 4.79 Å². The highest BCUT2D eigenvalue weighted by Gasteiger charge is 2.13. The summed E-state index contributed by atoms with van der Waals surface area (Å²) in [7, 11) is 0. The third-order valence-electron chi connectivity index (χ3n) is 3.83. The predicted octanol–water partition coefficient (Wildman–Crippen LogP) is 3.25. The molecule has 0 spiro atoms. The van der Waals surface area contributed by atoms with Crippen LogP contribution in [-0.2, 0) is 4.79 Å². The molecule has 0 aromatic heterocycles. The zero-order valence-electron chi connectivity index (χ0n) is 11.7. The molecule has 0 aliphatic heterocycles. The maximum atomic E-state index is 11.9. The molecule has 0 bridgehead atoms. The maximum absolute atomic E-state index is 11.9. The minimum Gasteiger partial charge on any atom is -0.325 e. The average molecular weight is 260 g/mol. The second-order valence-electron chi connectivity index (χ2n) is 5.43. The molecule has 2 rings (SSSR count). The monoisotopic (exact) mass is 260 g/mol. The molecule has 1 aliphatic carbocycles. The summed E-state index contributed by atoms with van der Waals surface area (Å²) in [6.45, 7) is 2.42. The Balaban J connectivity index is 1.76. The van der Waals surface area contributed by atoms with E-state index in [0.29, 0.717) is 12.6 Å². The van der Waals surface area contributed by atoms with Crippen molar-refractivity contribution in [1.82, 2.24) is 5.32 Å². The highest BCUT2D eigenvalue weighted by molar-refractivity contribution is 5.92. The molecule has 0 atom stereocenters. The van der Waals surface area contributed by atoms with E-state index in [-0.39, 0.29) is 5.91 Å². The average Bonchev–Trinajstić information content (AvgIpc) is 2.68. The van der Waals surface area contributed by atoms with Gasteiger partial charge in [0.25, 0.3) is 0 Å². The number of rotatable bonds is 4. The summed E-state index contributed by atoms with van der Waals surface area (Å²) in [6, 6.07) is 8.40. The standard InChI is InChI=1S/C16H24N2O/c1-13-8-6-7-11-15(13)18-16(19)12-17-14-9-4-2-3-5-10-14/h6-8,11,14,17H,2-5,9-10,12H2,1H3,(H,18,19). The fourth-order valence-electron chi connectivity index (χ4n) is 2.63. The molecular formula is C16H24N2O. The van der Waals surface area contributed by atoms with Crippen molar-refractivity contribution in [1.29, 1.82) is 0 Å². The zero-order valence-corrected chi connectivity index (χ0v) is 11.7. The first-order chi connectivity index (χ1) is 9.25. The normalized spacial score (nSPS) is 16.9. The summed E-state index contributed by atoms with van der Waals surface area (Å²) in [4.78, 5) is 11.9. The van der Waals surface area contributed by atoms with Gasteiger partial charge < -0.3 is 10.6 Å². The number of aryl methyl sites for hydroxylation is 1. The van der Waals surface area contributed by atoms with Crippen molar-refractivity contribution in [3.63, 3.8) is 0 Å². The number of hydrogen-bond acceptors (Lipinski definition) is 2. The Hall–Kier alpha value is -1.35. The quantitative estimate of drug-likeness (QED) is 0.816. The molecule has 1 aliphatic rings. The number of benzene rings is 1. The molecule has 0 unspecified atom stereocenters. The smallest absolute Gasteiger partial charge is 0.238 e. The van der Waals surface area contributed by atoms with Crippen LogP contribution in [0.1, 0.15) is 44.1 Å². The fraction of sp³-hybridized carbons (Fsp3) is 0.562. The first kappa shape index (κ1) is 14.1. The van der Waals surface area contributed by atoms with Crippen molar-refractivity contribution in [3.8, 4) is 0 Å². The van der Waals surface area contributed by atoms with Crippen LogP contribution in [0.3, 0.4) is 0 Å². The molecule has 1 fully saturated rings. The lowest BCUT2D eigenvalue weighted by molar-refractivity contribution is -0.115. The van der Waals surface area contributed by atoms with E-state index < -0.39 is 0 Å². The van der Waals surface area contributed by atoms with E-state index in [4.69, 9.17) is 0 Å². The Morgan fingerprint density at radius 1 is 1.16 bits per heavy atom. The van der Waals surface area contributed by atoms with Crippen LogP contribution in [0.15, 0.2) is 24.3 Å². The van der Waals surface area contributed by atoms with Gasteiger partial charge in [-0.1, -0.05) is 43.9 Å². The van der Waals surface area contributed by atoms with Gasteiger partial charge in [0.05, 0.1) is 6.54 Å². The topological polar surface area (TPSA) is 41.1 Å². The number of nitrogens with one attached hydrogen (secondary N) is 2. The Kier molecular flexibility index (Phi) is 5.40. The van der Waals surface area contributed by atoms with Gasteiger partial charge in [-0.25, -0.2) is 0 Å². The molecule has 1 aromatic rings. The Morgan fingerprint density at radius 2 is 1.84 bits per heavy atom. The van der Waals surface area contributed by atoms with Crippen LogP contribution >= 0.6 is 0 Å². The van der Waals surface area contributed by atoms with E-state index >= 15 is 0 Å². The largest absolute Gasteiger partial charge is 0.325 e. The SMILES string of the molecule is Cc1ccccc1NC(=O)CNC1CCCCCC1. The summed E-state index contributed by atoms with van der Waals surface area (Å²) in [5, 5.41) is 6.35. The number of anilines is 1. The molecule has 1 amide bonds. The maximum Gasteiger partial charge on any atom is 0.238 e. The first-order valence-corrected chi connectivity index (χ1v) is 7.34. The predicted molar refractivity (Wildman–Crippen MR) is 79.3 cm³/mol. The number of carbonyl (C=O) groups is 1. The molecule has 3 heteroatoms. The fourth-order valence-corrected chi connectivity index (χ4v) is 2.63. The molecular weight excluding hydrogens is 236 g/mol. The summed E-state index contributed by atoms with van der Waals surface area (Å²) < 4.78 is 0. The number of para-hydroxylation sites is 1. The minimum atomic E-state index is 0.0542. The van der Waals surface area contributed by atoms with Crippen LogP contribution in [0.4, 0.5) is 5.69 Å². The van der Waals surface area contributed by atoms with Crippen molar-refractivity contribution in [2.75, 3.05) is 11.9 Å². The third-order valence-corrected chi connectivity index (χ3v) is 3.83. The van der Waals surface area contributed by atoms with Crippen molar-refractivity contribution in [3.05, 3.63) is 29.8 Å². The third kappa shape index (κ3) is 4.67. The van der Waals surface area contributed by atoms with Crippen molar-refractivity contribution >= 4 is 11.6 Å². The Bertz CT molecular complexity index is 409. The summed E-state index contributed by atoms with van der Waals surface area (Å²) >= 11 is 0. The van der Waals surface area contributed by atoms with Gasteiger partial charge in [0, 0.05) is 11.7 Å². The van der Waals surface area contributed by atoms with Gasteiger partial charge in [0.15, 0.2) is 0 Å². The van der Waals surface area contributed by atoms with Gasteiger partial charge in [0.2, 0.25) is 5.91 Å². The molecule has 1 aromatic carbocycles. The summed E-state index contributed by atoms with van der Waals surface area (Å²) in [6.07, 6.45) is 7.67. The Labute approximate surface area is 115 Å². The van der Waals surface area contributed by atoms with Crippen molar-refractivity contribution in [2.24, 2.45) is 0 Å². The lowest BCUT2D eigenvalue weighted by atomic mass is 10.1. The summed E-state index contributed by atoms with van der Waals surface area (Å²) in [5.74, 6) is 0.0542. The van der Waals surface area contributed by atoms with Gasteiger partial charge in [-0.3, -0.25) is 4.79 Å².